The molecule has 1 aliphatic carbocycles. The maximum Gasteiger partial charge on any atom is 0.331 e. The van der Waals surface area contributed by atoms with E-state index in [1.165, 1.54) is 0 Å². The van der Waals surface area contributed by atoms with Crippen molar-refractivity contribution in [3.05, 3.63) is 0 Å². The van der Waals surface area contributed by atoms with Crippen molar-refractivity contribution in [1.82, 2.24) is 5.32 Å². The Morgan fingerprint density at radius 2 is 1.94 bits per heavy atom. The number of hydrogen-bond donors (Lipinski definition) is 2. The van der Waals surface area contributed by atoms with E-state index in [1.54, 1.807) is 0 Å². The van der Waals surface area contributed by atoms with E-state index in [0.29, 0.717) is 37.9 Å². The lowest BCUT2D eigenvalue weighted by Gasteiger charge is -2.21. The molecule has 6 heteroatoms. The van der Waals surface area contributed by atoms with Gasteiger partial charge in [0.2, 0.25) is 0 Å². The van der Waals surface area contributed by atoms with Crippen molar-refractivity contribution in [3.63, 3.8) is 0 Å². The zero-order valence-corrected chi connectivity index (χ0v) is 12.3. The maximum absolute atomic E-state index is 12.2. The summed E-state index contributed by atoms with van der Waals surface area (Å²) in [4.78, 5) is 0. The molecule has 108 valence electrons. The molecule has 1 rings (SSSR count). The molecule has 0 amide bonds. The van der Waals surface area contributed by atoms with E-state index in [1.807, 2.05) is 13.8 Å². The van der Waals surface area contributed by atoms with Crippen LogP contribution in [0.3, 0.4) is 0 Å². The van der Waals surface area contributed by atoms with E-state index in [9.17, 15) is 9.67 Å². The molecule has 0 aliphatic heterocycles. The van der Waals surface area contributed by atoms with Crippen LogP contribution in [-0.2, 0) is 13.6 Å². The third-order valence-corrected chi connectivity index (χ3v) is 5.41. The molecule has 0 aromatic carbocycles. The second kappa shape index (κ2) is 8.28. The smallest absolute Gasteiger partial charge is 0.331 e. The van der Waals surface area contributed by atoms with E-state index in [0.717, 1.165) is 19.3 Å². The topological polar surface area (TPSA) is 67.8 Å². The van der Waals surface area contributed by atoms with Gasteiger partial charge in [-0.25, -0.2) is 0 Å². The lowest BCUT2D eigenvalue weighted by Crippen LogP contribution is -2.36. The Kier molecular flexibility index (Phi) is 7.42. The first kappa shape index (κ1) is 16.1. The first-order valence-corrected chi connectivity index (χ1v) is 8.60. The quantitative estimate of drug-likeness (QED) is 0.632. The summed E-state index contributed by atoms with van der Waals surface area (Å²) >= 11 is 0. The van der Waals surface area contributed by atoms with Crippen LogP contribution in [0, 0.1) is 5.92 Å². The lowest BCUT2D eigenvalue weighted by molar-refractivity contribution is 0.204. The Morgan fingerprint density at radius 3 is 2.50 bits per heavy atom. The van der Waals surface area contributed by atoms with Gasteiger partial charge in [0.15, 0.2) is 0 Å². The van der Waals surface area contributed by atoms with Crippen LogP contribution in [0.2, 0.25) is 0 Å². The summed E-state index contributed by atoms with van der Waals surface area (Å²) in [5.74, 6) is 0.337. The van der Waals surface area contributed by atoms with Crippen molar-refractivity contribution in [2.24, 2.45) is 5.92 Å². The average molecular weight is 279 g/mol. The monoisotopic (exact) mass is 279 g/mol. The summed E-state index contributed by atoms with van der Waals surface area (Å²) in [5.41, 5.74) is 0. The van der Waals surface area contributed by atoms with E-state index >= 15 is 0 Å². The molecule has 0 saturated heterocycles. The van der Waals surface area contributed by atoms with E-state index in [4.69, 9.17) is 9.05 Å². The first-order chi connectivity index (χ1) is 8.65. The van der Waals surface area contributed by atoms with Gasteiger partial charge in [-0.2, -0.15) is 0 Å². The van der Waals surface area contributed by atoms with E-state index in [2.05, 4.69) is 5.32 Å². The summed E-state index contributed by atoms with van der Waals surface area (Å²) in [7, 11) is -2.93. The van der Waals surface area contributed by atoms with Gasteiger partial charge in [0, 0.05) is 19.2 Å². The van der Waals surface area contributed by atoms with Gasteiger partial charge in [-0.1, -0.05) is 6.42 Å². The Bertz CT molecular complexity index is 265. The second-order valence-electron chi connectivity index (χ2n) is 4.60. The third kappa shape index (κ3) is 4.98. The molecule has 2 N–H and O–H groups in total. The van der Waals surface area contributed by atoms with Crippen molar-refractivity contribution in [2.45, 2.75) is 39.2 Å². The van der Waals surface area contributed by atoms with Crippen LogP contribution in [0.5, 0.6) is 0 Å². The Labute approximate surface area is 110 Å². The average Bonchev–Trinajstić information content (AvgIpc) is 2.77. The minimum absolute atomic E-state index is 0.228. The van der Waals surface area contributed by atoms with Crippen LogP contribution in [-0.4, -0.2) is 43.7 Å². The molecule has 1 aliphatic rings. The van der Waals surface area contributed by atoms with Crippen molar-refractivity contribution in [1.29, 1.82) is 0 Å². The molecule has 0 radical (unpaired) electrons. The predicted octanol–water partition coefficient (Wildman–Crippen LogP) is 2.00. The van der Waals surface area contributed by atoms with Gasteiger partial charge in [0.1, 0.15) is 0 Å². The fraction of sp³-hybridized carbons (Fsp3) is 1.00. The summed E-state index contributed by atoms with van der Waals surface area (Å²) in [6.45, 7) is 5.28. The Balaban J connectivity index is 2.32. The van der Waals surface area contributed by atoms with Crippen LogP contribution in [0.25, 0.3) is 0 Å². The molecule has 0 spiro atoms. The third-order valence-electron chi connectivity index (χ3n) is 3.34. The van der Waals surface area contributed by atoms with Crippen molar-refractivity contribution >= 4 is 7.60 Å². The molecule has 1 saturated carbocycles. The van der Waals surface area contributed by atoms with E-state index in [-0.39, 0.29) is 6.61 Å². The molecular weight excluding hydrogens is 253 g/mol. The first-order valence-electron chi connectivity index (χ1n) is 6.87. The summed E-state index contributed by atoms with van der Waals surface area (Å²) in [6, 6.07) is 0.340. The minimum atomic E-state index is -2.93. The predicted molar refractivity (Wildman–Crippen MR) is 71.9 cm³/mol. The van der Waals surface area contributed by atoms with Crippen LogP contribution < -0.4 is 5.32 Å². The highest BCUT2D eigenvalue weighted by Crippen LogP contribution is 2.47. The lowest BCUT2D eigenvalue weighted by atomic mass is 10.1. The molecule has 0 aromatic rings. The largest absolute Gasteiger partial charge is 0.396 e. The van der Waals surface area contributed by atoms with E-state index < -0.39 is 7.60 Å². The molecule has 2 atom stereocenters. The minimum Gasteiger partial charge on any atom is -0.396 e. The number of nitrogens with one attached hydrogen (secondary N) is 1. The molecular formula is C12H26NO4P. The molecule has 5 nitrogen and oxygen atoms in total. The zero-order valence-electron chi connectivity index (χ0n) is 11.4. The fourth-order valence-electron chi connectivity index (χ4n) is 2.47. The zero-order chi connectivity index (χ0) is 13.4. The molecule has 0 aromatic heterocycles. The van der Waals surface area contributed by atoms with Crippen molar-refractivity contribution in [2.75, 3.05) is 32.5 Å². The van der Waals surface area contributed by atoms with Crippen LogP contribution >= 0.6 is 7.60 Å². The summed E-state index contributed by atoms with van der Waals surface area (Å²) in [6.07, 6.45) is 3.70. The molecule has 2 unspecified atom stereocenters. The van der Waals surface area contributed by atoms with Gasteiger partial charge in [0.05, 0.1) is 19.4 Å². The fourth-order valence-corrected chi connectivity index (χ4v) is 3.99. The van der Waals surface area contributed by atoms with Gasteiger partial charge >= 0.3 is 7.60 Å². The Morgan fingerprint density at radius 1 is 1.28 bits per heavy atom. The standard InChI is InChI=1S/C12H26NO4P/c1-3-16-18(15,17-4-2)9-8-13-12-7-5-6-11(12)10-14/h11-14H,3-10H2,1-2H3. The van der Waals surface area contributed by atoms with Gasteiger partial charge in [-0.3, -0.25) is 4.57 Å². The van der Waals surface area contributed by atoms with Gasteiger partial charge in [-0.15, -0.1) is 0 Å². The highest BCUT2D eigenvalue weighted by atomic mass is 31.2. The number of aliphatic hydroxyl groups is 1. The number of aliphatic hydroxyl groups excluding tert-OH is 1. The summed E-state index contributed by atoms with van der Waals surface area (Å²) in [5, 5.41) is 12.6. The maximum atomic E-state index is 12.2. The van der Waals surface area contributed by atoms with Crippen molar-refractivity contribution < 1.29 is 18.7 Å². The molecule has 0 bridgehead atoms. The molecule has 0 heterocycles. The van der Waals surface area contributed by atoms with Gasteiger partial charge < -0.3 is 19.5 Å². The second-order valence-corrected chi connectivity index (χ2v) is 6.79. The normalized spacial score (nSPS) is 24.6. The van der Waals surface area contributed by atoms with Crippen molar-refractivity contribution in [3.8, 4) is 0 Å². The van der Waals surface area contributed by atoms with Crippen LogP contribution in [0.4, 0.5) is 0 Å². The Hall–Kier alpha value is 0.0700. The molecule has 1 fully saturated rings. The van der Waals surface area contributed by atoms with Crippen LogP contribution in [0.15, 0.2) is 0 Å². The SMILES string of the molecule is CCOP(=O)(CCNC1CCCC1CO)OCC. The van der Waals surface area contributed by atoms with Gasteiger partial charge in [-0.05, 0) is 32.6 Å². The summed E-state index contributed by atoms with van der Waals surface area (Å²) < 4.78 is 22.7. The number of hydrogen-bond acceptors (Lipinski definition) is 5. The number of rotatable bonds is 9. The molecule has 18 heavy (non-hydrogen) atoms. The van der Waals surface area contributed by atoms with Crippen LogP contribution in [0.1, 0.15) is 33.1 Å². The highest BCUT2D eigenvalue weighted by molar-refractivity contribution is 7.53. The highest BCUT2D eigenvalue weighted by Gasteiger charge is 2.28. The van der Waals surface area contributed by atoms with Gasteiger partial charge in [0.25, 0.3) is 0 Å².